The van der Waals surface area contributed by atoms with Crippen molar-refractivity contribution >= 4 is 11.9 Å². The predicted octanol–water partition coefficient (Wildman–Crippen LogP) is 8.71. The lowest BCUT2D eigenvalue weighted by atomic mass is 9.79. The summed E-state index contributed by atoms with van der Waals surface area (Å²) < 4.78 is 5.83. The van der Waals surface area contributed by atoms with E-state index in [9.17, 15) is 14.7 Å². The maximum Gasteiger partial charge on any atom is 0.310 e. The third-order valence-electron chi connectivity index (χ3n) is 7.34. The molecule has 1 rings (SSSR count). The lowest BCUT2D eigenvalue weighted by Gasteiger charge is -2.28. The molecule has 0 aromatic rings. The summed E-state index contributed by atoms with van der Waals surface area (Å²) in [5.74, 6) is -1.26. The van der Waals surface area contributed by atoms with E-state index in [1.165, 1.54) is 77.0 Å². The van der Waals surface area contributed by atoms with Crippen molar-refractivity contribution in [3.05, 3.63) is 0 Å². The molecule has 33 heavy (non-hydrogen) atoms. The van der Waals surface area contributed by atoms with Crippen LogP contribution in [0.1, 0.15) is 149 Å². The molecule has 0 amide bonds. The SMILES string of the molecule is CCCC(CCCCCCCCCCCCCCC(C)C)OC(=O)C1CCCCC1C(=O)O. The van der Waals surface area contributed by atoms with E-state index >= 15 is 0 Å². The third kappa shape index (κ3) is 14.7. The number of ether oxygens (including phenoxy) is 1. The van der Waals surface area contributed by atoms with Crippen molar-refractivity contribution in [2.75, 3.05) is 0 Å². The first-order chi connectivity index (χ1) is 16.0. The average molecular weight is 467 g/mol. The van der Waals surface area contributed by atoms with Gasteiger partial charge in [0, 0.05) is 0 Å². The fourth-order valence-electron chi connectivity index (χ4n) is 5.24. The summed E-state index contributed by atoms with van der Waals surface area (Å²) in [6.45, 7) is 6.75. The van der Waals surface area contributed by atoms with Gasteiger partial charge in [0.15, 0.2) is 0 Å². The van der Waals surface area contributed by atoms with Gasteiger partial charge in [-0.2, -0.15) is 0 Å². The first kappa shape index (κ1) is 30.0. The molecule has 1 aliphatic carbocycles. The molecule has 1 aliphatic rings. The number of hydrogen-bond acceptors (Lipinski definition) is 3. The lowest BCUT2D eigenvalue weighted by molar-refractivity contribution is -0.164. The van der Waals surface area contributed by atoms with E-state index in [0.29, 0.717) is 12.8 Å². The summed E-state index contributed by atoms with van der Waals surface area (Å²) >= 11 is 0. The molecule has 4 heteroatoms. The van der Waals surface area contributed by atoms with E-state index in [1.807, 2.05) is 0 Å². The Morgan fingerprint density at radius 1 is 0.727 bits per heavy atom. The predicted molar refractivity (Wildman–Crippen MR) is 137 cm³/mol. The van der Waals surface area contributed by atoms with Crippen molar-refractivity contribution in [3.63, 3.8) is 0 Å². The molecule has 0 radical (unpaired) electrons. The Morgan fingerprint density at radius 3 is 1.64 bits per heavy atom. The third-order valence-corrected chi connectivity index (χ3v) is 7.34. The first-order valence-electron chi connectivity index (χ1n) is 14.4. The summed E-state index contributed by atoms with van der Waals surface area (Å²) in [7, 11) is 0. The van der Waals surface area contributed by atoms with Crippen LogP contribution in [0, 0.1) is 17.8 Å². The zero-order valence-corrected chi connectivity index (χ0v) is 22.1. The van der Waals surface area contributed by atoms with Gasteiger partial charge in [0.1, 0.15) is 6.10 Å². The number of carbonyl (C=O) groups excluding carboxylic acids is 1. The van der Waals surface area contributed by atoms with Gasteiger partial charge >= 0.3 is 11.9 Å². The Morgan fingerprint density at radius 2 is 1.18 bits per heavy atom. The molecular weight excluding hydrogens is 412 g/mol. The van der Waals surface area contributed by atoms with E-state index in [0.717, 1.165) is 44.4 Å². The number of carboxylic acids is 1. The topological polar surface area (TPSA) is 63.6 Å². The fourth-order valence-corrected chi connectivity index (χ4v) is 5.24. The van der Waals surface area contributed by atoms with Crippen LogP contribution in [0.3, 0.4) is 0 Å². The van der Waals surface area contributed by atoms with E-state index in [1.54, 1.807) is 0 Å². The molecule has 1 N–H and O–H groups in total. The molecule has 194 valence electrons. The molecule has 0 aliphatic heterocycles. The molecule has 3 atom stereocenters. The van der Waals surface area contributed by atoms with Gasteiger partial charge in [-0.1, -0.05) is 117 Å². The average Bonchev–Trinajstić information content (AvgIpc) is 2.79. The molecule has 0 aromatic heterocycles. The van der Waals surface area contributed by atoms with Gasteiger partial charge in [0.05, 0.1) is 11.8 Å². The Labute approximate surface area is 204 Å². The van der Waals surface area contributed by atoms with Crippen molar-refractivity contribution in [2.24, 2.45) is 17.8 Å². The Kier molecular flexibility index (Phi) is 17.5. The second kappa shape index (κ2) is 19.3. The molecule has 0 heterocycles. The minimum Gasteiger partial charge on any atom is -0.481 e. The molecule has 0 saturated heterocycles. The van der Waals surface area contributed by atoms with Crippen molar-refractivity contribution < 1.29 is 19.4 Å². The summed E-state index contributed by atoms with van der Waals surface area (Å²) in [6, 6.07) is 0. The second-order valence-electron chi connectivity index (χ2n) is 10.9. The molecule has 0 aromatic carbocycles. The highest BCUT2D eigenvalue weighted by Crippen LogP contribution is 2.32. The van der Waals surface area contributed by atoms with Gasteiger partial charge in [-0.25, -0.2) is 0 Å². The molecule has 0 bridgehead atoms. The summed E-state index contributed by atoms with van der Waals surface area (Å²) in [6.07, 6.45) is 23.2. The molecule has 1 saturated carbocycles. The van der Waals surface area contributed by atoms with Crippen molar-refractivity contribution in [1.29, 1.82) is 0 Å². The Balaban J connectivity index is 2.07. The molecular formula is C29H54O4. The van der Waals surface area contributed by atoms with Crippen LogP contribution in [0.4, 0.5) is 0 Å². The minimum atomic E-state index is -0.842. The minimum absolute atomic E-state index is 0.0422. The second-order valence-corrected chi connectivity index (χ2v) is 10.9. The molecule has 0 spiro atoms. The number of aliphatic carboxylic acids is 1. The van der Waals surface area contributed by atoms with E-state index in [4.69, 9.17) is 4.74 Å². The number of hydrogen-bond donors (Lipinski definition) is 1. The van der Waals surface area contributed by atoms with Gasteiger partial charge < -0.3 is 9.84 Å². The van der Waals surface area contributed by atoms with Crippen LogP contribution in [0.15, 0.2) is 0 Å². The van der Waals surface area contributed by atoms with Gasteiger partial charge in [-0.05, 0) is 38.0 Å². The highest BCUT2D eigenvalue weighted by molar-refractivity contribution is 5.81. The van der Waals surface area contributed by atoms with Crippen LogP contribution < -0.4 is 0 Å². The summed E-state index contributed by atoms with van der Waals surface area (Å²) in [5.41, 5.74) is 0. The number of unbranched alkanes of at least 4 members (excludes halogenated alkanes) is 11. The van der Waals surface area contributed by atoms with Crippen molar-refractivity contribution in [1.82, 2.24) is 0 Å². The number of esters is 1. The zero-order chi connectivity index (χ0) is 24.3. The van der Waals surface area contributed by atoms with Gasteiger partial charge in [0.25, 0.3) is 0 Å². The van der Waals surface area contributed by atoms with Gasteiger partial charge in [0.2, 0.25) is 0 Å². The van der Waals surface area contributed by atoms with Gasteiger partial charge in [-0.15, -0.1) is 0 Å². The van der Waals surface area contributed by atoms with Crippen molar-refractivity contribution in [3.8, 4) is 0 Å². The largest absolute Gasteiger partial charge is 0.481 e. The van der Waals surface area contributed by atoms with Crippen LogP contribution in [-0.2, 0) is 14.3 Å². The Bertz CT molecular complexity index is 502. The maximum atomic E-state index is 12.7. The van der Waals surface area contributed by atoms with Crippen LogP contribution >= 0.6 is 0 Å². The van der Waals surface area contributed by atoms with E-state index in [-0.39, 0.29) is 12.1 Å². The molecule has 3 unspecified atom stereocenters. The Hall–Kier alpha value is -1.06. The zero-order valence-electron chi connectivity index (χ0n) is 22.1. The monoisotopic (exact) mass is 466 g/mol. The van der Waals surface area contributed by atoms with Crippen LogP contribution in [-0.4, -0.2) is 23.1 Å². The smallest absolute Gasteiger partial charge is 0.310 e. The van der Waals surface area contributed by atoms with Crippen molar-refractivity contribution in [2.45, 2.75) is 155 Å². The quantitative estimate of drug-likeness (QED) is 0.144. The highest BCUT2D eigenvalue weighted by atomic mass is 16.5. The first-order valence-corrected chi connectivity index (χ1v) is 14.4. The van der Waals surface area contributed by atoms with Crippen LogP contribution in [0.2, 0.25) is 0 Å². The maximum absolute atomic E-state index is 12.7. The fraction of sp³-hybridized carbons (Fsp3) is 0.931. The molecule has 1 fully saturated rings. The van der Waals surface area contributed by atoms with Crippen LogP contribution in [0.5, 0.6) is 0 Å². The number of rotatable bonds is 20. The number of carboxylic acid groups (broad SMARTS) is 1. The molecule has 4 nitrogen and oxygen atoms in total. The van der Waals surface area contributed by atoms with Crippen LogP contribution in [0.25, 0.3) is 0 Å². The summed E-state index contributed by atoms with van der Waals surface area (Å²) in [5, 5.41) is 9.44. The number of carbonyl (C=O) groups is 2. The van der Waals surface area contributed by atoms with E-state index in [2.05, 4.69) is 20.8 Å². The van der Waals surface area contributed by atoms with E-state index < -0.39 is 17.8 Å². The highest BCUT2D eigenvalue weighted by Gasteiger charge is 2.37. The standard InChI is InChI=1S/C29H54O4/c1-4-19-25(33-29(32)27-23-18-17-22-26(27)28(30)31)21-16-14-12-10-8-6-5-7-9-11-13-15-20-24(2)3/h24-27H,4-23H2,1-3H3,(H,30,31). The summed E-state index contributed by atoms with van der Waals surface area (Å²) in [4.78, 5) is 24.2. The normalized spacial score (nSPS) is 19.5. The van der Waals surface area contributed by atoms with Gasteiger partial charge in [-0.3, -0.25) is 9.59 Å². The lowest BCUT2D eigenvalue weighted by Crippen LogP contribution is -2.35.